The summed E-state index contributed by atoms with van der Waals surface area (Å²) in [5.74, 6) is -0.200. The molecule has 0 N–H and O–H groups in total. The zero-order valence-corrected chi connectivity index (χ0v) is 26.6. The molecule has 0 fully saturated rings. The molecule has 0 aliphatic heterocycles. The third-order valence-electron chi connectivity index (χ3n) is 6.52. The number of carbonyl (C=O) groups excluding carboxylic acids is 2. The van der Waals surface area contributed by atoms with Crippen LogP contribution in [0.2, 0.25) is 0 Å². The van der Waals surface area contributed by atoms with Crippen molar-refractivity contribution in [3.05, 3.63) is 43.6 Å². The molecule has 1 rings (SSSR count). The molecule has 0 amide bonds. The van der Waals surface area contributed by atoms with E-state index in [0.717, 1.165) is 25.7 Å². The van der Waals surface area contributed by atoms with Crippen molar-refractivity contribution in [2.75, 3.05) is 13.2 Å². The topological polar surface area (TPSA) is 112 Å². The van der Waals surface area contributed by atoms with Crippen molar-refractivity contribution in [2.45, 2.75) is 142 Å². The number of carbonyl (C=O) groups is 2. The minimum absolute atomic E-state index is 0. The molecule has 0 spiro atoms. The van der Waals surface area contributed by atoms with Gasteiger partial charge in [0.15, 0.2) is 11.5 Å². The third kappa shape index (κ3) is 30.9. The Morgan fingerprint density at radius 2 is 0.683 bits per heavy atom. The Kier molecular flexibility index (Phi) is 45.3. The van der Waals surface area contributed by atoms with Crippen LogP contribution in [0.3, 0.4) is 0 Å². The molecule has 233 valence electrons. The largest absolute Gasteiger partial charge is 0 e. The van der Waals surface area contributed by atoms with Crippen LogP contribution in [-0.2, 0) is 50.1 Å². The van der Waals surface area contributed by atoms with Gasteiger partial charge in [-0.3, -0.25) is 9.59 Å². The molecule has 1 aliphatic rings. The number of allylic oxidation sites excluding steroid dienone is 2. The third-order valence-corrected chi connectivity index (χ3v) is 6.52. The molecule has 0 aromatic carbocycles. The maximum absolute atomic E-state index is 12.3. The fourth-order valence-corrected chi connectivity index (χ4v) is 4.29. The first-order valence-electron chi connectivity index (χ1n) is 15.1. The van der Waals surface area contributed by atoms with Gasteiger partial charge in [-0.2, -0.15) is 0 Å². The zero-order valence-electron chi connectivity index (χ0n) is 25.4. The number of hydrogen-bond donors (Lipinski definition) is 0. The molecule has 0 atom stereocenters. The van der Waals surface area contributed by atoms with Gasteiger partial charge in [-0.15, -0.1) is 0 Å². The molecule has 0 heterocycles. The molecule has 0 saturated heterocycles. The van der Waals surface area contributed by atoms with Crippen LogP contribution in [0.5, 0.6) is 0 Å². The normalized spacial score (nSPS) is 11.5. The second-order valence-electron chi connectivity index (χ2n) is 9.81. The van der Waals surface area contributed by atoms with E-state index in [1.54, 1.807) is 0 Å². The van der Waals surface area contributed by atoms with Gasteiger partial charge in [0.1, 0.15) is 0 Å². The summed E-state index contributed by atoms with van der Waals surface area (Å²) in [6.45, 7) is 19.0. The van der Waals surface area contributed by atoms with E-state index in [4.69, 9.17) is 23.4 Å². The average molecular weight is 616 g/mol. The van der Waals surface area contributed by atoms with Gasteiger partial charge in [0.05, 0.1) is 13.2 Å². The summed E-state index contributed by atoms with van der Waals surface area (Å²) in [5.41, 5.74) is 0. The van der Waals surface area contributed by atoms with Crippen LogP contribution < -0.4 is 0 Å². The first kappa shape index (κ1) is 46.1. The molecule has 8 heteroatoms. The van der Waals surface area contributed by atoms with Crippen LogP contribution in [0, 0.1) is 20.0 Å². The monoisotopic (exact) mass is 615 g/mol. The predicted octanol–water partition coefficient (Wildman–Crippen LogP) is 8.67. The second kappa shape index (κ2) is 40.3. The molecule has 0 unspecified atom stereocenters. The Bertz CT molecular complexity index is 657. The number of unbranched alkanes of at least 4 members (excludes halogenated alkanes) is 18. The molecular formula is C33H52MnO7. The summed E-state index contributed by atoms with van der Waals surface area (Å²) in [7, 11) is 0. The number of ketones is 2. The summed E-state index contributed by atoms with van der Waals surface area (Å²) < 4.78 is 33.7. The van der Waals surface area contributed by atoms with E-state index in [2.05, 4.69) is 33.8 Å². The molecule has 0 aromatic heterocycles. The Morgan fingerprint density at radius 3 is 0.927 bits per heavy atom. The van der Waals surface area contributed by atoms with Gasteiger partial charge in [-0.05, 0) is 12.8 Å². The van der Waals surface area contributed by atoms with E-state index < -0.39 is 0 Å². The number of ether oxygens (including phenoxy) is 2. The maximum Gasteiger partial charge on any atom is 0 e. The quantitative estimate of drug-likeness (QED) is 0.0355. The van der Waals surface area contributed by atoms with Crippen LogP contribution in [0.4, 0.5) is 0 Å². The van der Waals surface area contributed by atoms with Gasteiger partial charge in [0.25, 0.3) is 0 Å². The molecule has 41 heavy (non-hydrogen) atoms. The van der Waals surface area contributed by atoms with Crippen molar-refractivity contribution in [1.82, 2.24) is 0 Å². The SMILES string of the molecule is CCCCCCCCCCCCOC1=CC(=O)C(OCCCCCCCCCCCC)=CC1=O.[C-]#[O+].[C-]#[O+].[C-]#[O+].[Mn]. The fraction of sp³-hybridized carbons (Fsp3) is 0.727. The molecule has 0 bridgehead atoms. The van der Waals surface area contributed by atoms with Gasteiger partial charge in [-0.1, -0.05) is 129 Å². The van der Waals surface area contributed by atoms with Crippen molar-refractivity contribution >= 4 is 11.6 Å². The number of rotatable bonds is 24. The standard InChI is InChI=1S/C30H52O4.3CO.Mn/c1-3-5-7-9-11-13-15-17-19-21-23-33-29-25-28(32)30(26-27(29)31)34-24-22-20-18-16-14-12-10-8-6-4-2;3*1-2;/h25-26H,3-24H2,1-2H3;;;;. The van der Waals surface area contributed by atoms with Crippen LogP contribution >= 0.6 is 0 Å². The summed E-state index contributed by atoms with van der Waals surface area (Å²) in [6.07, 6.45) is 27.7. The fourth-order valence-electron chi connectivity index (χ4n) is 4.29. The van der Waals surface area contributed by atoms with Gasteiger partial charge in [0.2, 0.25) is 11.6 Å². The summed E-state index contributed by atoms with van der Waals surface area (Å²) in [6, 6.07) is 0. The minimum Gasteiger partial charge on any atom is 0 e. The molecule has 1 aliphatic carbocycles. The summed E-state index contributed by atoms with van der Waals surface area (Å²) in [4.78, 5) is 24.5. The molecule has 0 aromatic rings. The van der Waals surface area contributed by atoms with Gasteiger partial charge in [-0.25, -0.2) is 0 Å². The van der Waals surface area contributed by atoms with Gasteiger partial charge >= 0.3 is 33.9 Å². The van der Waals surface area contributed by atoms with E-state index >= 15 is 0 Å². The summed E-state index contributed by atoms with van der Waals surface area (Å²) >= 11 is 0. The molecule has 0 saturated carbocycles. The minimum atomic E-state index is -0.259. The molecular weight excluding hydrogens is 563 g/mol. The Labute approximate surface area is 260 Å². The van der Waals surface area contributed by atoms with Crippen molar-refractivity contribution in [1.29, 1.82) is 0 Å². The van der Waals surface area contributed by atoms with E-state index in [-0.39, 0.29) is 40.2 Å². The second-order valence-corrected chi connectivity index (χ2v) is 9.81. The maximum atomic E-state index is 12.3. The van der Waals surface area contributed by atoms with E-state index in [0.29, 0.717) is 13.2 Å². The van der Waals surface area contributed by atoms with E-state index in [9.17, 15) is 9.59 Å². The van der Waals surface area contributed by atoms with Crippen molar-refractivity contribution in [2.24, 2.45) is 0 Å². The van der Waals surface area contributed by atoms with Crippen LogP contribution in [0.15, 0.2) is 23.7 Å². The van der Waals surface area contributed by atoms with Gasteiger partial charge < -0.3 is 9.47 Å². The van der Waals surface area contributed by atoms with E-state index in [1.165, 1.54) is 115 Å². The molecule has 1 radical (unpaired) electrons. The average Bonchev–Trinajstić information content (AvgIpc) is 2.99. The predicted molar refractivity (Wildman–Crippen MR) is 154 cm³/mol. The van der Waals surface area contributed by atoms with E-state index in [1.807, 2.05) is 0 Å². The Balaban J connectivity index is -0.000000913. The van der Waals surface area contributed by atoms with Crippen molar-refractivity contribution in [3.63, 3.8) is 0 Å². The first-order valence-corrected chi connectivity index (χ1v) is 15.1. The smallest absolute Gasteiger partial charge is 0 e. The number of hydrogen-bond acceptors (Lipinski definition) is 4. The Hall–Kier alpha value is -1.84. The summed E-state index contributed by atoms with van der Waals surface area (Å²) in [5, 5.41) is 0. The zero-order chi connectivity index (χ0) is 30.7. The first-order chi connectivity index (χ1) is 19.7. The molecule has 7 nitrogen and oxygen atoms in total. The van der Waals surface area contributed by atoms with Gasteiger partial charge in [0, 0.05) is 29.2 Å². The van der Waals surface area contributed by atoms with Crippen LogP contribution in [0.1, 0.15) is 142 Å². The van der Waals surface area contributed by atoms with Crippen molar-refractivity contribution < 1.29 is 50.1 Å². The van der Waals surface area contributed by atoms with Crippen molar-refractivity contribution in [3.8, 4) is 0 Å². The van der Waals surface area contributed by atoms with Crippen LogP contribution in [0.25, 0.3) is 0 Å². The van der Waals surface area contributed by atoms with Crippen LogP contribution in [-0.4, -0.2) is 24.8 Å². The Morgan fingerprint density at radius 1 is 0.463 bits per heavy atom.